The number of terminal acetylenes is 1. The van der Waals surface area contributed by atoms with Gasteiger partial charge in [0.15, 0.2) is 0 Å². The predicted molar refractivity (Wildman–Crippen MR) is 63.6 cm³/mol. The standard InChI is InChI=1S/C12H10F2N2O3/c1-2-3-15-6-11(17)16-10-4-7(12(18)19)8(13)5-9(10)14/h1,4-5,15H,3,6H2,(H,16,17)(H,18,19). The first-order valence-corrected chi connectivity index (χ1v) is 5.12. The van der Waals surface area contributed by atoms with Gasteiger partial charge in [-0.2, -0.15) is 0 Å². The summed E-state index contributed by atoms with van der Waals surface area (Å²) in [6.07, 6.45) is 4.95. The molecule has 0 aliphatic heterocycles. The normalized spacial score (nSPS) is 9.74. The van der Waals surface area contributed by atoms with E-state index in [2.05, 4.69) is 16.6 Å². The molecule has 0 aromatic heterocycles. The summed E-state index contributed by atoms with van der Waals surface area (Å²) in [4.78, 5) is 22.0. The lowest BCUT2D eigenvalue weighted by atomic mass is 10.2. The third kappa shape index (κ3) is 4.04. The van der Waals surface area contributed by atoms with Crippen LogP contribution in [0.3, 0.4) is 0 Å². The van der Waals surface area contributed by atoms with Crippen LogP contribution in [0, 0.1) is 24.0 Å². The molecule has 0 fully saturated rings. The van der Waals surface area contributed by atoms with E-state index in [9.17, 15) is 18.4 Å². The van der Waals surface area contributed by atoms with Crippen molar-refractivity contribution < 1.29 is 23.5 Å². The van der Waals surface area contributed by atoms with Crippen molar-refractivity contribution in [3.05, 3.63) is 29.3 Å². The minimum atomic E-state index is -1.56. The number of aromatic carboxylic acids is 1. The highest BCUT2D eigenvalue weighted by atomic mass is 19.1. The number of benzene rings is 1. The molecule has 1 amide bonds. The highest BCUT2D eigenvalue weighted by Crippen LogP contribution is 2.19. The molecule has 7 heteroatoms. The number of hydrogen-bond acceptors (Lipinski definition) is 3. The van der Waals surface area contributed by atoms with E-state index in [4.69, 9.17) is 11.5 Å². The van der Waals surface area contributed by atoms with Crippen molar-refractivity contribution in [3.8, 4) is 12.3 Å². The molecular weight excluding hydrogens is 258 g/mol. The van der Waals surface area contributed by atoms with E-state index in [1.165, 1.54) is 0 Å². The molecule has 0 unspecified atom stereocenters. The molecule has 0 aliphatic rings. The fourth-order valence-corrected chi connectivity index (χ4v) is 1.25. The van der Waals surface area contributed by atoms with Gasteiger partial charge in [0.25, 0.3) is 0 Å². The zero-order chi connectivity index (χ0) is 14.4. The third-order valence-electron chi connectivity index (χ3n) is 2.07. The van der Waals surface area contributed by atoms with E-state index < -0.39 is 34.8 Å². The smallest absolute Gasteiger partial charge is 0.338 e. The van der Waals surface area contributed by atoms with Crippen LogP contribution in [0.2, 0.25) is 0 Å². The number of halogens is 2. The highest BCUT2D eigenvalue weighted by Gasteiger charge is 2.16. The molecule has 1 aromatic carbocycles. The highest BCUT2D eigenvalue weighted by molar-refractivity contribution is 5.95. The molecule has 0 radical (unpaired) electrons. The summed E-state index contributed by atoms with van der Waals surface area (Å²) in [6.45, 7) is -0.0247. The number of rotatable bonds is 5. The van der Waals surface area contributed by atoms with Gasteiger partial charge in [0.2, 0.25) is 5.91 Å². The SMILES string of the molecule is C#CCNCC(=O)Nc1cc(C(=O)O)c(F)cc1F. The molecule has 0 spiro atoms. The molecule has 1 aromatic rings. The molecular formula is C12H10F2N2O3. The second-order valence-corrected chi connectivity index (χ2v) is 3.47. The maximum atomic E-state index is 13.3. The van der Waals surface area contributed by atoms with E-state index in [1.54, 1.807) is 0 Å². The third-order valence-corrected chi connectivity index (χ3v) is 2.07. The van der Waals surface area contributed by atoms with E-state index >= 15 is 0 Å². The van der Waals surface area contributed by atoms with Crippen LogP contribution in [0.1, 0.15) is 10.4 Å². The maximum Gasteiger partial charge on any atom is 0.338 e. The fraction of sp³-hybridized carbons (Fsp3) is 0.167. The molecule has 1 rings (SSSR count). The van der Waals surface area contributed by atoms with Crippen molar-refractivity contribution in [2.24, 2.45) is 0 Å². The van der Waals surface area contributed by atoms with Crippen LogP contribution >= 0.6 is 0 Å². The minimum Gasteiger partial charge on any atom is -0.478 e. The number of carbonyl (C=O) groups excluding carboxylic acids is 1. The van der Waals surface area contributed by atoms with Crippen LogP contribution in [0.5, 0.6) is 0 Å². The Kier molecular flexibility index (Phi) is 4.97. The number of carboxylic acids is 1. The van der Waals surface area contributed by atoms with Crippen molar-refractivity contribution in [2.75, 3.05) is 18.4 Å². The Bertz CT molecular complexity index is 553. The summed E-state index contributed by atoms with van der Waals surface area (Å²) in [5.74, 6) is -2.22. The molecule has 3 N–H and O–H groups in total. The predicted octanol–water partition coefficient (Wildman–Crippen LogP) is 0.824. The zero-order valence-electron chi connectivity index (χ0n) is 9.67. The number of amides is 1. The lowest BCUT2D eigenvalue weighted by molar-refractivity contribution is -0.115. The van der Waals surface area contributed by atoms with E-state index in [0.29, 0.717) is 12.1 Å². The Hall–Kier alpha value is -2.46. The van der Waals surface area contributed by atoms with E-state index in [0.717, 1.165) is 0 Å². The summed E-state index contributed by atoms with van der Waals surface area (Å²) < 4.78 is 26.4. The summed E-state index contributed by atoms with van der Waals surface area (Å²) >= 11 is 0. The Labute approximate surface area is 107 Å². The molecule has 0 atom stereocenters. The van der Waals surface area contributed by atoms with Gasteiger partial charge in [-0.15, -0.1) is 6.42 Å². The van der Waals surface area contributed by atoms with Gasteiger partial charge in [-0.3, -0.25) is 10.1 Å². The molecule has 0 bridgehead atoms. The van der Waals surface area contributed by atoms with Crippen molar-refractivity contribution >= 4 is 17.6 Å². The van der Waals surface area contributed by atoms with Gasteiger partial charge in [-0.1, -0.05) is 5.92 Å². The number of carbonyl (C=O) groups is 2. The second kappa shape index (κ2) is 6.47. The first kappa shape index (κ1) is 14.6. The van der Waals surface area contributed by atoms with Gasteiger partial charge in [-0.25, -0.2) is 13.6 Å². The largest absolute Gasteiger partial charge is 0.478 e. The van der Waals surface area contributed by atoms with Gasteiger partial charge in [0.05, 0.1) is 24.3 Å². The molecule has 100 valence electrons. The summed E-state index contributed by atoms with van der Waals surface area (Å²) in [6, 6.07) is 1.11. The van der Waals surface area contributed by atoms with Crippen LogP contribution < -0.4 is 10.6 Å². The monoisotopic (exact) mass is 268 g/mol. The lowest BCUT2D eigenvalue weighted by Gasteiger charge is -2.08. The van der Waals surface area contributed by atoms with Crippen molar-refractivity contribution in [1.29, 1.82) is 0 Å². The van der Waals surface area contributed by atoms with Crippen LogP contribution in [0.25, 0.3) is 0 Å². The average Bonchev–Trinajstić information content (AvgIpc) is 2.32. The summed E-state index contributed by atoms with van der Waals surface area (Å²) in [5.41, 5.74) is -1.14. The van der Waals surface area contributed by atoms with Crippen molar-refractivity contribution in [3.63, 3.8) is 0 Å². The second-order valence-electron chi connectivity index (χ2n) is 3.47. The van der Waals surface area contributed by atoms with E-state index in [1.807, 2.05) is 0 Å². The first-order valence-electron chi connectivity index (χ1n) is 5.12. The van der Waals surface area contributed by atoms with Crippen LogP contribution in [0.15, 0.2) is 12.1 Å². The Morgan fingerprint density at radius 3 is 2.58 bits per heavy atom. The number of anilines is 1. The van der Waals surface area contributed by atoms with Gasteiger partial charge >= 0.3 is 5.97 Å². The van der Waals surface area contributed by atoms with Crippen molar-refractivity contribution in [1.82, 2.24) is 5.32 Å². The summed E-state index contributed by atoms with van der Waals surface area (Å²) in [7, 11) is 0. The first-order chi connectivity index (χ1) is 8.95. The number of carboxylic acid groups (broad SMARTS) is 1. The maximum absolute atomic E-state index is 13.3. The topological polar surface area (TPSA) is 78.4 Å². The number of nitrogens with one attached hydrogen (secondary N) is 2. The molecule has 0 saturated carbocycles. The van der Waals surface area contributed by atoms with Gasteiger partial charge < -0.3 is 10.4 Å². The molecule has 0 aliphatic carbocycles. The van der Waals surface area contributed by atoms with Crippen LogP contribution in [-0.4, -0.2) is 30.1 Å². The molecule has 0 saturated heterocycles. The Morgan fingerprint density at radius 2 is 2.00 bits per heavy atom. The van der Waals surface area contributed by atoms with Gasteiger partial charge in [-0.05, 0) is 6.07 Å². The number of hydrogen-bond donors (Lipinski definition) is 3. The van der Waals surface area contributed by atoms with Crippen LogP contribution in [0.4, 0.5) is 14.5 Å². The quantitative estimate of drug-likeness (QED) is 0.546. The molecule has 19 heavy (non-hydrogen) atoms. The van der Waals surface area contributed by atoms with Gasteiger partial charge in [0, 0.05) is 6.07 Å². The average molecular weight is 268 g/mol. The minimum absolute atomic E-state index is 0.152. The van der Waals surface area contributed by atoms with Gasteiger partial charge in [0.1, 0.15) is 11.6 Å². The Balaban J connectivity index is 2.84. The Morgan fingerprint density at radius 1 is 1.32 bits per heavy atom. The van der Waals surface area contributed by atoms with Crippen LogP contribution in [-0.2, 0) is 4.79 Å². The molecule has 0 heterocycles. The zero-order valence-corrected chi connectivity index (χ0v) is 9.67. The lowest BCUT2D eigenvalue weighted by Crippen LogP contribution is -2.28. The van der Waals surface area contributed by atoms with Crippen molar-refractivity contribution in [2.45, 2.75) is 0 Å². The van der Waals surface area contributed by atoms with E-state index in [-0.39, 0.29) is 13.1 Å². The molecule has 5 nitrogen and oxygen atoms in total. The fourth-order valence-electron chi connectivity index (χ4n) is 1.25. The summed E-state index contributed by atoms with van der Waals surface area (Å²) in [5, 5.41) is 13.4.